The van der Waals surface area contributed by atoms with E-state index in [4.69, 9.17) is 0 Å². The molecule has 0 unspecified atom stereocenters. The minimum atomic E-state index is -6.67. The summed E-state index contributed by atoms with van der Waals surface area (Å²) >= 11 is 0. The van der Waals surface area contributed by atoms with Crippen LogP contribution in [0.5, 0.6) is 0 Å². The Morgan fingerprint density at radius 2 is 1.25 bits per heavy atom. The number of alkyl halides is 7. The smallest absolute Gasteiger partial charge is 0.399 e. The first kappa shape index (κ1) is 14.9. The topological polar surface area (TPSA) is 9.23 Å². The Hall–Kier alpha value is -1.09. The number of halogens is 9. The summed E-state index contributed by atoms with van der Waals surface area (Å²) in [5.74, 6) is -8.75. The molecule has 0 rings (SSSR count). The van der Waals surface area contributed by atoms with Gasteiger partial charge >= 0.3 is 24.2 Å². The van der Waals surface area contributed by atoms with Gasteiger partial charge in [0.25, 0.3) is 0 Å². The first-order valence-corrected chi connectivity index (χ1v) is 3.36. The van der Waals surface area contributed by atoms with Gasteiger partial charge < -0.3 is 4.74 Å². The lowest BCUT2D eigenvalue weighted by Crippen LogP contribution is -2.53. The van der Waals surface area contributed by atoms with E-state index >= 15 is 0 Å². The van der Waals surface area contributed by atoms with E-state index < -0.39 is 30.0 Å². The van der Waals surface area contributed by atoms with Crippen molar-refractivity contribution in [2.45, 2.75) is 25.1 Å². The Labute approximate surface area is 82.5 Å². The molecule has 0 spiro atoms. The lowest BCUT2D eigenvalue weighted by atomic mass is 10.3. The Morgan fingerprint density at radius 1 is 0.875 bits per heavy atom. The van der Waals surface area contributed by atoms with Crippen molar-refractivity contribution < 1.29 is 44.3 Å². The number of rotatable bonds is 3. The molecule has 0 aliphatic carbocycles. The first-order chi connectivity index (χ1) is 6.83. The lowest BCUT2D eigenvalue weighted by molar-refractivity contribution is -0.419. The molecule has 16 heavy (non-hydrogen) atoms. The molecule has 0 heterocycles. The van der Waals surface area contributed by atoms with Crippen LogP contribution in [-0.4, -0.2) is 18.2 Å². The fourth-order valence-electron chi connectivity index (χ4n) is 0.412. The summed E-state index contributed by atoms with van der Waals surface area (Å²) in [6, 6.07) is -2.85. The van der Waals surface area contributed by atoms with Gasteiger partial charge in [-0.3, -0.25) is 0 Å². The Morgan fingerprint density at radius 3 is 1.50 bits per heavy atom. The molecule has 0 atom stereocenters. The summed E-state index contributed by atoms with van der Waals surface area (Å²) in [4.78, 5) is 0. The summed E-state index contributed by atoms with van der Waals surface area (Å²) in [7, 11) is 0. The van der Waals surface area contributed by atoms with E-state index in [9.17, 15) is 39.5 Å². The average Bonchev–Trinajstić information content (AvgIpc) is 2.00. The molecular formula is C6H3F9O. The number of allylic oxidation sites excluding steroid dienone is 1. The quantitative estimate of drug-likeness (QED) is 0.553. The van der Waals surface area contributed by atoms with E-state index in [0.717, 1.165) is 0 Å². The summed E-state index contributed by atoms with van der Waals surface area (Å²) in [5, 5.41) is 0. The van der Waals surface area contributed by atoms with Gasteiger partial charge in [-0.15, -0.1) is 0 Å². The van der Waals surface area contributed by atoms with Crippen molar-refractivity contribution in [3.8, 4) is 0 Å². The second kappa shape index (κ2) is 4.06. The van der Waals surface area contributed by atoms with Crippen molar-refractivity contribution in [1.29, 1.82) is 0 Å². The third kappa shape index (κ3) is 2.73. The van der Waals surface area contributed by atoms with E-state index in [1.54, 1.807) is 0 Å². The highest BCUT2D eigenvalue weighted by Gasteiger charge is 2.76. The van der Waals surface area contributed by atoms with E-state index in [1.165, 1.54) is 0 Å². The van der Waals surface area contributed by atoms with Gasteiger partial charge in [0.1, 0.15) is 0 Å². The molecule has 0 aliphatic heterocycles. The van der Waals surface area contributed by atoms with Crippen molar-refractivity contribution in [3.63, 3.8) is 0 Å². The third-order valence-corrected chi connectivity index (χ3v) is 1.21. The highest BCUT2D eigenvalue weighted by atomic mass is 19.4. The molecule has 0 radical (unpaired) electrons. The SMILES string of the molecule is C/C(F)=C(\F)OC(F)(F)C(F)(F)C(F)(F)F. The van der Waals surface area contributed by atoms with Crippen molar-refractivity contribution in [2.24, 2.45) is 0 Å². The number of hydrogen-bond acceptors (Lipinski definition) is 1. The van der Waals surface area contributed by atoms with E-state index in [2.05, 4.69) is 4.74 Å². The lowest BCUT2D eigenvalue weighted by Gasteiger charge is -2.26. The van der Waals surface area contributed by atoms with Crippen LogP contribution in [0, 0.1) is 0 Å². The normalized spacial score (nSPS) is 15.9. The van der Waals surface area contributed by atoms with Crippen LogP contribution < -0.4 is 0 Å². The molecule has 0 aliphatic rings. The van der Waals surface area contributed by atoms with Gasteiger partial charge in [0.05, 0.1) is 0 Å². The monoisotopic (exact) mass is 262 g/mol. The van der Waals surface area contributed by atoms with Crippen LogP contribution >= 0.6 is 0 Å². The van der Waals surface area contributed by atoms with Crippen LogP contribution in [0.2, 0.25) is 0 Å². The summed E-state index contributed by atoms with van der Waals surface area (Å²) in [5.41, 5.74) is 0. The zero-order valence-corrected chi connectivity index (χ0v) is 7.31. The van der Waals surface area contributed by atoms with Crippen LogP contribution in [0.25, 0.3) is 0 Å². The van der Waals surface area contributed by atoms with Crippen molar-refractivity contribution in [3.05, 3.63) is 11.8 Å². The molecule has 0 aromatic carbocycles. The average molecular weight is 262 g/mol. The minimum Gasteiger partial charge on any atom is -0.399 e. The molecule has 10 heteroatoms. The molecule has 0 fully saturated rings. The van der Waals surface area contributed by atoms with Crippen LogP contribution in [-0.2, 0) is 4.74 Å². The standard InChI is InChI=1S/C6H3F9O/c1-2(7)3(8)16-6(14,15)4(9,10)5(11,12)13/h1H3/b3-2-. The van der Waals surface area contributed by atoms with Crippen LogP contribution in [0.3, 0.4) is 0 Å². The molecule has 0 saturated heterocycles. The van der Waals surface area contributed by atoms with Crippen molar-refractivity contribution in [1.82, 2.24) is 0 Å². The van der Waals surface area contributed by atoms with Gasteiger partial charge in [-0.2, -0.15) is 35.1 Å². The van der Waals surface area contributed by atoms with Gasteiger partial charge in [0, 0.05) is 0 Å². The molecule has 0 N–H and O–H groups in total. The van der Waals surface area contributed by atoms with Crippen molar-refractivity contribution in [2.75, 3.05) is 0 Å². The second-order valence-corrected chi connectivity index (χ2v) is 2.50. The van der Waals surface area contributed by atoms with Gasteiger partial charge in [0.15, 0.2) is 5.83 Å². The van der Waals surface area contributed by atoms with Crippen molar-refractivity contribution >= 4 is 0 Å². The predicted molar refractivity (Wildman–Crippen MR) is 32.0 cm³/mol. The first-order valence-electron chi connectivity index (χ1n) is 3.36. The third-order valence-electron chi connectivity index (χ3n) is 1.21. The van der Waals surface area contributed by atoms with Gasteiger partial charge in [-0.05, 0) is 6.92 Å². The highest BCUT2D eigenvalue weighted by Crippen LogP contribution is 2.48. The maximum atomic E-state index is 12.2. The fourth-order valence-corrected chi connectivity index (χ4v) is 0.412. The summed E-state index contributed by atoms with van der Waals surface area (Å²) < 4.78 is 109. The molecule has 1 nitrogen and oxygen atoms in total. The summed E-state index contributed by atoms with van der Waals surface area (Å²) in [6.07, 6.45) is -12.9. The van der Waals surface area contributed by atoms with Crippen LogP contribution in [0.1, 0.15) is 6.92 Å². The van der Waals surface area contributed by atoms with Crippen LogP contribution in [0.15, 0.2) is 11.8 Å². The van der Waals surface area contributed by atoms with E-state index in [0.29, 0.717) is 0 Å². The zero-order valence-electron chi connectivity index (χ0n) is 7.31. The minimum absolute atomic E-state index is 0.192. The molecule has 0 saturated carbocycles. The zero-order chi connectivity index (χ0) is 13.4. The molecule has 0 amide bonds. The largest absolute Gasteiger partial charge is 0.476 e. The molecule has 0 bridgehead atoms. The fraction of sp³-hybridized carbons (Fsp3) is 0.667. The maximum Gasteiger partial charge on any atom is 0.476 e. The molecule has 0 aromatic heterocycles. The Kier molecular flexibility index (Phi) is 3.78. The molecular weight excluding hydrogens is 259 g/mol. The number of ether oxygens (including phenoxy) is 1. The van der Waals surface area contributed by atoms with E-state index in [-0.39, 0.29) is 6.92 Å². The van der Waals surface area contributed by atoms with Gasteiger partial charge in [-0.1, -0.05) is 0 Å². The Balaban J connectivity index is 5.15. The summed E-state index contributed by atoms with van der Waals surface area (Å²) in [6.45, 7) is 0.192. The van der Waals surface area contributed by atoms with Crippen LogP contribution in [0.4, 0.5) is 39.5 Å². The number of hydrogen-bond donors (Lipinski definition) is 0. The molecule has 96 valence electrons. The van der Waals surface area contributed by atoms with Gasteiger partial charge in [-0.25, -0.2) is 4.39 Å². The van der Waals surface area contributed by atoms with Gasteiger partial charge in [0.2, 0.25) is 0 Å². The second-order valence-electron chi connectivity index (χ2n) is 2.50. The van der Waals surface area contributed by atoms with E-state index in [1.807, 2.05) is 0 Å². The maximum absolute atomic E-state index is 12.2. The molecule has 0 aromatic rings. The predicted octanol–water partition coefficient (Wildman–Crippen LogP) is 3.92. The highest BCUT2D eigenvalue weighted by molar-refractivity contribution is 4.93. The Bertz CT molecular complexity index is 285.